The SMILES string of the molecule is C=CCC(C)Nc1ccc2c(c1)CCC2. The number of rotatable bonds is 4. The summed E-state index contributed by atoms with van der Waals surface area (Å²) in [6, 6.07) is 7.25. The van der Waals surface area contributed by atoms with Crippen LogP contribution < -0.4 is 5.32 Å². The van der Waals surface area contributed by atoms with Gasteiger partial charge in [-0.15, -0.1) is 6.58 Å². The Hall–Kier alpha value is -1.24. The zero-order valence-corrected chi connectivity index (χ0v) is 9.42. The van der Waals surface area contributed by atoms with Crippen LogP contribution in [0.25, 0.3) is 0 Å². The van der Waals surface area contributed by atoms with E-state index in [1.807, 2.05) is 6.08 Å². The molecule has 80 valence electrons. The summed E-state index contributed by atoms with van der Waals surface area (Å²) in [5.74, 6) is 0. The lowest BCUT2D eigenvalue weighted by Crippen LogP contribution is -2.13. The summed E-state index contributed by atoms with van der Waals surface area (Å²) in [4.78, 5) is 0. The van der Waals surface area contributed by atoms with Crippen molar-refractivity contribution in [3.05, 3.63) is 42.0 Å². The van der Waals surface area contributed by atoms with Crippen LogP contribution in [0, 0.1) is 0 Å². The minimum atomic E-state index is 0.474. The normalized spacial score (nSPS) is 15.8. The van der Waals surface area contributed by atoms with Gasteiger partial charge in [0.2, 0.25) is 0 Å². The fourth-order valence-electron chi connectivity index (χ4n) is 2.26. The van der Waals surface area contributed by atoms with Gasteiger partial charge in [-0.25, -0.2) is 0 Å². The predicted octanol–water partition coefficient (Wildman–Crippen LogP) is 3.55. The smallest absolute Gasteiger partial charge is 0.0345 e. The van der Waals surface area contributed by atoms with Crippen molar-refractivity contribution in [3.63, 3.8) is 0 Å². The van der Waals surface area contributed by atoms with Gasteiger partial charge in [-0.05, 0) is 55.9 Å². The van der Waals surface area contributed by atoms with Crippen LogP contribution in [0.1, 0.15) is 30.9 Å². The lowest BCUT2D eigenvalue weighted by atomic mass is 10.1. The molecule has 1 aliphatic carbocycles. The molecule has 0 aromatic heterocycles. The molecule has 1 unspecified atom stereocenters. The maximum Gasteiger partial charge on any atom is 0.0345 e. The van der Waals surface area contributed by atoms with Crippen molar-refractivity contribution < 1.29 is 0 Å². The van der Waals surface area contributed by atoms with Crippen LogP contribution in [0.4, 0.5) is 5.69 Å². The molecule has 1 N–H and O–H groups in total. The molecule has 0 radical (unpaired) electrons. The molecule has 0 spiro atoms. The lowest BCUT2D eigenvalue weighted by molar-refractivity contribution is 0.814. The van der Waals surface area contributed by atoms with Crippen molar-refractivity contribution >= 4 is 5.69 Å². The first-order chi connectivity index (χ1) is 7.29. The highest BCUT2D eigenvalue weighted by Gasteiger charge is 2.11. The Labute approximate surface area is 92.2 Å². The molecule has 0 saturated heterocycles. The van der Waals surface area contributed by atoms with Crippen molar-refractivity contribution in [2.75, 3.05) is 5.32 Å². The average Bonchev–Trinajstić information content (AvgIpc) is 2.65. The van der Waals surface area contributed by atoms with Gasteiger partial charge in [-0.3, -0.25) is 0 Å². The molecule has 1 heteroatoms. The van der Waals surface area contributed by atoms with Gasteiger partial charge in [-0.1, -0.05) is 12.1 Å². The van der Waals surface area contributed by atoms with Gasteiger partial charge in [0.15, 0.2) is 0 Å². The van der Waals surface area contributed by atoms with E-state index >= 15 is 0 Å². The zero-order valence-electron chi connectivity index (χ0n) is 9.42. The van der Waals surface area contributed by atoms with Crippen LogP contribution in [-0.2, 0) is 12.8 Å². The summed E-state index contributed by atoms with van der Waals surface area (Å²) in [7, 11) is 0. The van der Waals surface area contributed by atoms with Crippen LogP contribution in [0.3, 0.4) is 0 Å². The van der Waals surface area contributed by atoms with Crippen LogP contribution in [0.2, 0.25) is 0 Å². The molecule has 0 heterocycles. The summed E-state index contributed by atoms with van der Waals surface area (Å²) in [5.41, 5.74) is 4.33. The molecular weight excluding hydrogens is 182 g/mol. The predicted molar refractivity (Wildman–Crippen MR) is 66.4 cm³/mol. The Morgan fingerprint density at radius 1 is 1.40 bits per heavy atom. The highest BCUT2D eigenvalue weighted by atomic mass is 14.9. The Bertz CT molecular complexity index is 354. The number of hydrogen-bond acceptors (Lipinski definition) is 1. The average molecular weight is 201 g/mol. The fraction of sp³-hybridized carbons (Fsp3) is 0.429. The Balaban J connectivity index is 2.06. The number of benzene rings is 1. The van der Waals surface area contributed by atoms with E-state index in [4.69, 9.17) is 0 Å². The number of aryl methyl sites for hydroxylation is 2. The van der Waals surface area contributed by atoms with E-state index in [1.54, 1.807) is 0 Å². The second-order valence-corrected chi connectivity index (χ2v) is 4.41. The maximum atomic E-state index is 3.76. The summed E-state index contributed by atoms with van der Waals surface area (Å²) in [6.07, 6.45) is 6.81. The highest BCUT2D eigenvalue weighted by molar-refractivity contribution is 5.50. The topological polar surface area (TPSA) is 12.0 Å². The van der Waals surface area contributed by atoms with E-state index in [0.717, 1.165) is 6.42 Å². The lowest BCUT2D eigenvalue weighted by Gasteiger charge is -2.14. The third kappa shape index (κ3) is 2.41. The van der Waals surface area contributed by atoms with Crippen molar-refractivity contribution in [2.24, 2.45) is 0 Å². The fourth-order valence-corrected chi connectivity index (χ4v) is 2.26. The van der Waals surface area contributed by atoms with E-state index in [1.165, 1.54) is 36.1 Å². The Morgan fingerprint density at radius 3 is 3.00 bits per heavy atom. The molecule has 0 amide bonds. The summed E-state index contributed by atoms with van der Waals surface area (Å²) < 4.78 is 0. The number of anilines is 1. The Kier molecular flexibility index (Phi) is 3.10. The molecule has 1 aliphatic rings. The quantitative estimate of drug-likeness (QED) is 0.734. The first-order valence-corrected chi connectivity index (χ1v) is 5.79. The summed E-state index contributed by atoms with van der Waals surface area (Å²) >= 11 is 0. The summed E-state index contributed by atoms with van der Waals surface area (Å²) in [5, 5.41) is 3.50. The third-order valence-corrected chi connectivity index (χ3v) is 3.03. The van der Waals surface area contributed by atoms with Crippen molar-refractivity contribution in [1.29, 1.82) is 0 Å². The van der Waals surface area contributed by atoms with E-state index in [0.29, 0.717) is 6.04 Å². The van der Waals surface area contributed by atoms with Gasteiger partial charge in [0.05, 0.1) is 0 Å². The molecule has 0 aliphatic heterocycles. The van der Waals surface area contributed by atoms with E-state index in [9.17, 15) is 0 Å². The molecule has 1 nitrogen and oxygen atoms in total. The number of hydrogen-bond donors (Lipinski definition) is 1. The third-order valence-electron chi connectivity index (χ3n) is 3.03. The van der Waals surface area contributed by atoms with E-state index < -0.39 is 0 Å². The standard InChI is InChI=1S/C14H19N/c1-3-5-11(2)15-14-9-8-12-6-4-7-13(12)10-14/h3,8-11,15H,1,4-7H2,2H3. The molecule has 0 saturated carbocycles. The van der Waals surface area contributed by atoms with Crippen LogP contribution in [-0.4, -0.2) is 6.04 Å². The van der Waals surface area contributed by atoms with E-state index in [2.05, 4.69) is 37.0 Å². The molecular formula is C14H19N. The second-order valence-electron chi connectivity index (χ2n) is 4.41. The first-order valence-electron chi connectivity index (χ1n) is 5.79. The van der Waals surface area contributed by atoms with Gasteiger partial charge < -0.3 is 5.32 Å². The van der Waals surface area contributed by atoms with Crippen LogP contribution in [0.15, 0.2) is 30.9 Å². The maximum absolute atomic E-state index is 3.76. The van der Waals surface area contributed by atoms with Gasteiger partial charge in [-0.2, -0.15) is 0 Å². The molecule has 1 aromatic rings. The van der Waals surface area contributed by atoms with Crippen LogP contribution >= 0.6 is 0 Å². The van der Waals surface area contributed by atoms with Gasteiger partial charge in [0.1, 0.15) is 0 Å². The minimum absolute atomic E-state index is 0.474. The van der Waals surface area contributed by atoms with E-state index in [-0.39, 0.29) is 0 Å². The van der Waals surface area contributed by atoms with Gasteiger partial charge in [0, 0.05) is 11.7 Å². The molecule has 1 atom stereocenters. The monoisotopic (exact) mass is 201 g/mol. The molecule has 0 fully saturated rings. The van der Waals surface area contributed by atoms with Gasteiger partial charge >= 0.3 is 0 Å². The first kappa shape index (κ1) is 10.3. The molecule has 15 heavy (non-hydrogen) atoms. The molecule has 0 bridgehead atoms. The number of nitrogens with one attached hydrogen (secondary N) is 1. The molecule has 2 rings (SSSR count). The van der Waals surface area contributed by atoms with Crippen LogP contribution in [0.5, 0.6) is 0 Å². The summed E-state index contributed by atoms with van der Waals surface area (Å²) in [6.45, 7) is 5.95. The Morgan fingerprint density at radius 2 is 2.20 bits per heavy atom. The highest BCUT2D eigenvalue weighted by Crippen LogP contribution is 2.25. The van der Waals surface area contributed by atoms with Crippen molar-refractivity contribution in [3.8, 4) is 0 Å². The van der Waals surface area contributed by atoms with Crippen molar-refractivity contribution in [2.45, 2.75) is 38.6 Å². The second kappa shape index (κ2) is 4.52. The largest absolute Gasteiger partial charge is 0.382 e. The minimum Gasteiger partial charge on any atom is -0.382 e. The zero-order chi connectivity index (χ0) is 10.7. The van der Waals surface area contributed by atoms with Crippen molar-refractivity contribution in [1.82, 2.24) is 0 Å². The van der Waals surface area contributed by atoms with Gasteiger partial charge in [0.25, 0.3) is 0 Å². The number of fused-ring (bicyclic) bond motifs is 1. The molecule has 1 aromatic carbocycles.